The Hall–Kier alpha value is -1.31. The predicted octanol–water partition coefficient (Wildman–Crippen LogP) is 0.702. The van der Waals surface area contributed by atoms with E-state index in [0.717, 1.165) is 4.31 Å². The molecule has 0 fully saturated rings. The van der Waals surface area contributed by atoms with E-state index in [9.17, 15) is 8.42 Å². The van der Waals surface area contributed by atoms with Crippen LogP contribution in [0.3, 0.4) is 0 Å². The molecule has 1 rings (SSSR count). The van der Waals surface area contributed by atoms with Gasteiger partial charge in [0.25, 0.3) is 0 Å². The van der Waals surface area contributed by atoms with Crippen LogP contribution in [0.2, 0.25) is 0 Å². The summed E-state index contributed by atoms with van der Waals surface area (Å²) in [6, 6.07) is 4.64. The molecule has 0 spiro atoms. The average Bonchev–Trinajstić information content (AvgIpc) is 2.37. The number of aliphatic hydroxyl groups is 1. The summed E-state index contributed by atoms with van der Waals surface area (Å²) in [4.78, 5) is 0.0651. The third-order valence-electron chi connectivity index (χ3n) is 2.90. The summed E-state index contributed by atoms with van der Waals surface area (Å²) >= 11 is 0. The Morgan fingerprint density at radius 3 is 2.53 bits per heavy atom. The van der Waals surface area contributed by atoms with E-state index < -0.39 is 10.0 Å². The zero-order valence-corrected chi connectivity index (χ0v) is 12.2. The number of benzene rings is 1. The summed E-state index contributed by atoms with van der Waals surface area (Å²) in [6.45, 7) is 1.88. The Morgan fingerprint density at radius 2 is 2.05 bits per heavy atom. The maximum atomic E-state index is 12.1. The molecule has 0 saturated heterocycles. The number of hydrogen-bond acceptors (Lipinski definition) is 5. The number of para-hydroxylation sites is 1. The predicted molar refractivity (Wildman–Crippen MR) is 76.5 cm³/mol. The summed E-state index contributed by atoms with van der Waals surface area (Å²) < 4.78 is 25.3. The third-order valence-corrected chi connectivity index (χ3v) is 4.77. The van der Waals surface area contributed by atoms with Crippen molar-refractivity contribution in [1.29, 1.82) is 0 Å². The molecule has 1 aromatic rings. The van der Waals surface area contributed by atoms with Gasteiger partial charge in [0.2, 0.25) is 10.0 Å². The highest BCUT2D eigenvalue weighted by molar-refractivity contribution is 7.89. The third kappa shape index (κ3) is 3.37. The van der Waals surface area contributed by atoms with E-state index in [2.05, 4.69) is 5.32 Å². The second kappa shape index (κ2) is 6.23. The van der Waals surface area contributed by atoms with E-state index >= 15 is 0 Å². The molecule has 4 N–H and O–H groups in total. The van der Waals surface area contributed by atoms with E-state index in [1.54, 1.807) is 12.1 Å². The highest BCUT2D eigenvalue weighted by Gasteiger charge is 2.22. The first-order valence-electron chi connectivity index (χ1n) is 6.03. The van der Waals surface area contributed by atoms with E-state index in [1.807, 2.05) is 6.92 Å². The molecular formula is C12H21N3O3S. The zero-order valence-electron chi connectivity index (χ0n) is 11.4. The zero-order chi connectivity index (χ0) is 14.6. The Bertz CT molecular complexity index is 525. The topological polar surface area (TPSA) is 95.7 Å². The summed E-state index contributed by atoms with van der Waals surface area (Å²) in [5.41, 5.74) is 6.60. The number of nitrogen functional groups attached to an aromatic ring is 1. The van der Waals surface area contributed by atoms with Crippen LogP contribution in [0.5, 0.6) is 0 Å². The Labute approximate surface area is 114 Å². The van der Waals surface area contributed by atoms with Crippen molar-refractivity contribution in [2.75, 3.05) is 31.8 Å². The van der Waals surface area contributed by atoms with Gasteiger partial charge in [0.1, 0.15) is 4.90 Å². The van der Waals surface area contributed by atoms with Crippen molar-refractivity contribution < 1.29 is 13.5 Å². The summed E-state index contributed by atoms with van der Waals surface area (Å²) in [5.74, 6) is 0. The van der Waals surface area contributed by atoms with Crippen LogP contribution in [-0.4, -0.2) is 44.6 Å². The van der Waals surface area contributed by atoms with Gasteiger partial charge in [0.15, 0.2) is 0 Å². The van der Waals surface area contributed by atoms with Crippen LogP contribution in [0.1, 0.15) is 13.3 Å². The van der Waals surface area contributed by atoms with Gasteiger partial charge < -0.3 is 16.2 Å². The standard InChI is InChI=1S/C12H21N3O3S/c1-4-9(8-16)14-10-6-5-7-11(12(10)13)19(17,18)15(2)3/h5-7,9,14,16H,4,8,13H2,1-3H3. The molecule has 0 bridgehead atoms. The van der Waals surface area contributed by atoms with Crippen molar-refractivity contribution in [3.8, 4) is 0 Å². The summed E-state index contributed by atoms with van der Waals surface area (Å²) in [7, 11) is -0.662. The summed E-state index contributed by atoms with van der Waals surface area (Å²) in [6.07, 6.45) is 0.709. The molecule has 0 aliphatic carbocycles. The second-order valence-corrected chi connectivity index (χ2v) is 6.56. The molecule has 1 aromatic carbocycles. The van der Waals surface area contributed by atoms with Crippen LogP contribution in [0, 0.1) is 0 Å². The fourth-order valence-electron chi connectivity index (χ4n) is 1.59. The molecule has 7 heteroatoms. The van der Waals surface area contributed by atoms with Gasteiger partial charge in [0, 0.05) is 20.1 Å². The van der Waals surface area contributed by atoms with E-state index in [1.165, 1.54) is 20.2 Å². The molecule has 0 saturated carbocycles. The quantitative estimate of drug-likeness (QED) is 0.669. The van der Waals surface area contributed by atoms with Crippen LogP contribution in [-0.2, 0) is 10.0 Å². The van der Waals surface area contributed by atoms with Crippen LogP contribution in [0.4, 0.5) is 11.4 Å². The van der Waals surface area contributed by atoms with Gasteiger partial charge in [-0.05, 0) is 18.6 Å². The monoisotopic (exact) mass is 287 g/mol. The minimum atomic E-state index is -3.57. The molecule has 0 aliphatic rings. The first-order valence-corrected chi connectivity index (χ1v) is 7.47. The van der Waals surface area contributed by atoms with Crippen molar-refractivity contribution in [2.45, 2.75) is 24.3 Å². The molecule has 0 radical (unpaired) electrons. The lowest BCUT2D eigenvalue weighted by atomic mass is 10.2. The van der Waals surface area contributed by atoms with Crippen LogP contribution >= 0.6 is 0 Å². The molecule has 0 aromatic heterocycles. The number of nitrogens with two attached hydrogens (primary N) is 1. The number of rotatable bonds is 6. The minimum absolute atomic E-state index is 0.0411. The normalized spacial score (nSPS) is 13.5. The number of sulfonamides is 1. The largest absolute Gasteiger partial charge is 0.396 e. The van der Waals surface area contributed by atoms with Gasteiger partial charge in [-0.2, -0.15) is 0 Å². The number of anilines is 2. The molecule has 6 nitrogen and oxygen atoms in total. The average molecular weight is 287 g/mol. The minimum Gasteiger partial charge on any atom is -0.396 e. The maximum absolute atomic E-state index is 12.1. The van der Waals surface area contributed by atoms with Crippen molar-refractivity contribution in [3.63, 3.8) is 0 Å². The lowest BCUT2D eigenvalue weighted by Gasteiger charge is -2.20. The molecule has 0 amide bonds. The van der Waals surface area contributed by atoms with Crippen LogP contribution in [0.15, 0.2) is 23.1 Å². The Kier molecular flexibility index (Phi) is 5.16. The number of nitrogens with one attached hydrogen (secondary N) is 1. The Balaban J connectivity index is 3.19. The molecule has 19 heavy (non-hydrogen) atoms. The molecule has 0 aliphatic heterocycles. The lowest BCUT2D eigenvalue weighted by Crippen LogP contribution is -2.25. The van der Waals surface area contributed by atoms with Crippen LogP contribution < -0.4 is 11.1 Å². The number of nitrogens with zero attached hydrogens (tertiary/aromatic N) is 1. The first-order chi connectivity index (χ1) is 8.84. The van der Waals surface area contributed by atoms with Crippen molar-refractivity contribution in [2.24, 2.45) is 0 Å². The SMILES string of the molecule is CCC(CO)Nc1cccc(S(=O)(=O)N(C)C)c1N. The van der Waals surface area contributed by atoms with Crippen LogP contribution in [0.25, 0.3) is 0 Å². The van der Waals surface area contributed by atoms with Crippen molar-refractivity contribution >= 4 is 21.4 Å². The molecule has 1 unspecified atom stereocenters. The van der Waals surface area contributed by atoms with Crippen molar-refractivity contribution in [1.82, 2.24) is 4.31 Å². The molecule has 0 heterocycles. The highest BCUT2D eigenvalue weighted by atomic mass is 32.2. The van der Waals surface area contributed by atoms with Crippen molar-refractivity contribution in [3.05, 3.63) is 18.2 Å². The fourth-order valence-corrected chi connectivity index (χ4v) is 2.62. The molecular weight excluding hydrogens is 266 g/mol. The van der Waals surface area contributed by atoms with E-state index in [0.29, 0.717) is 12.1 Å². The van der Waals surface area contributed by atoms with Gasteiger partial charge in [-0.3, -0.25) is 0 Å². The van der Waals surface area contributed by atoms with Gasteiger partial charge in [-0.15, -0.1) is 0 Å². The molecule has 108 valence electrons. The number of aliphatic hydroxyl groups excluding tert-OH is 1. The van der Waals surface area contributed by atoms with Gasteiger partial charge in [-0.25, -0.2) is 12.7 Å². The highest BCUT2D eigenvalue weighted by Crippen LogP contribution is 2.28. The molecule has 1 atom stereocenters. The Morgan fingerprint density at radius 1 is 1.42 bits per heavy atom. The second-order valence-electron chi connectivity index (χ2n) is 4.44. The van der Waals surface area contributed by atoms with Gasteiger partial charge in [-0.1, -0.05) is 13.0 Å². The first kappa shape index (κ1) is 15.7. The summed E-state index contributed by atoms with van der Waals surface area (Å²) in [5, 5.41) is 12.2. The van der Waals surface area contributed by atoms with Gasteiger partial charge >= 0.3 is 0 Å². The fraction of sp³-hybridized carbons (Fsp3) is 0.500. The smallest absolute Gasteiger partial charge is 0.244 e. The van der Waals surface area contributed by atoms with E-state index in [4.69, 9.17) is 10.8 Å². The lowest BCUT2D eigenvalue weighted by molar-refractivity contribution is 0.272. The van der Waals surface area contributed by atoms with E-state index in [-0.39, 0.29) is 23.2 Å². The van der Waals surface area contributed by atoms with Gasteiger partial charge in [0.05, 0.1) is 18.0 Å². The maximum Gasteiger partial charge on any atom is 0.244 e. The number of hydrogen-bond donors (Lipinski definition) is 3.